The molecule has 1 aliphatic carbocycles. The van der Waals surface area contributed by atoms with Gasteiger partial charge in [0.2, 0.25) is 0 Å². The highest BCUT2D eigenvalue weighted by molar-refractivity contribution is 6.31. The van der Waals surface area contributed by atoms with Crippen LogP contribution in [0.3, 0.4) is 0 Å². The first-order chi connectivity index (χ1) is 13.4. The molecule has 31 heavy (non-hydrogen) atoms. The summed E-state index contributed by atoms with van der Waals surface area (Å²) in [5.74, 6) is -0.411. The van der Waals surface area contributed by atoms with Gasteiger partial charge in [0.25, 0.3) is 0 Å². The number of likely N-dealkylation sites (N-methyl/N-ethyl adjacent to an activating group) is 2. The van der Waals surface area contributed by atoms with Crippen LogP contribution in [0.25, 0.3) is 0 Å². The van der Waals surface area contributed by atoms with E-state index in [1.165, 1.54) is 12.4 Å². The van der Waals surface area contributed by atoms with Crippen LogP contribution in [0.5, 0.6) is 0 Å². The summed E-state index contributed by atoms with van der Waals surface area (Å²) in [5, 5.41) is 14.2. The molecule has 1 heterocycles. The second kappa shape index (κ2) is 12.8. The van der Waals surface area contributed by atoms with Crippen LogP contribution in [0.1, 0.15) is 31.8 Å². The van der Waals surface area contributed by atoms with E-state index >= 15 is 0 Å². The Hall–Kier alpha value is -1.97. The second-order valence-electron chi connectivity index (χ2n) is 7.35. The number of aromatic nitrogens is 2. The molecule has 0 atom stereocenters. The van der Waals surface area contributed by atoms with Gasteiger partial charge < -0.3 is 20.4 Å². The highest BCUT2D eigenvalue weighted by atomic mass is 35.5. The zero-order valence-corrected chi connectivity index (χ0v) is 20.4. The third-order valence-corrected chi connectivity index (χ3v) is 4.63. The zero-order chi connectivity index (χ0) is 20.3. The molecule has 0 aliphatic heterocycles. The van der Waals surface area contributed by atoms with Gasteiger partial charge in [-0.25, -0.2) is 0 Å². The van der Waals surface area contributed by atoms with Crippen LogP contribution >= 0.6 is 37.2 Å². The monoisotopic (exact) mass is 490 g/mol. The number of benzene rings is 1. The number of ketones is 2. The number of rotatable bonds is 8. The van der Waals surface area contributed by atoms with Crippen molar-refractivity contribution in [2.45, 2.75) is 0 Å². The van der Waals surface area contributed by atoms with Crippen molar-refractivity contribution in [3.8, 4) is 0 Å². The largest absolute Gasteiger partial charge is 0.383 e. The molecule has 0 saturated heterocycles. The minimum absolute atomic E-state index is 0. The summed E-state index contributed by atoms with van der Waals surface area (Å²) in [5.41, 5.74) is 2.73. The summed E-state index contributed by atoms with van der Waals surface area (Å²) in [6, 6.07) is 3.72. The lowest BCUT2D eigenvalue weighted by molar-refractivity contribution is 0.0979. The van der Waals surface area contributed by atoms with Gasteiger partial charge in [-0.1, -0.05) is 0 Å². The summed E-state index contributed by atoms with van der Waals surface area (Å²) in [7, 11) is 7.94. The first kappa shape index (κ1) is 29.0. The lowest BCUT2D eigenvalue weighted by Crippen LogP contribution is -2.27. The van der Waals surface area contributed by atoms with Crippen molar-refractivity contribution in [1.82, 2.24) is 20.0 Å². The number of anilines is 2. The highest BCUT2D eigenvalue weighted by Gasteiger charge is 2.34. The number of fused-ring (bicyclic) bond motifs is 2. The predicted molar refractivity (Wildman–Crippen MR) is 131 cm³/mol. The van der Waals surface area contributed by atoms with Crippen molar-refractivity contribution in [2.24, 2.45) is 0 Å². The van der Waals surface area contributed by atoms with E-state index in [2.05, 4.69) is 30.6 Å². The topological polar surface area (TPSA) is 90.5 Å². The van der Waals surface area contributed by atoms with Crippen LogP contribution in [-0.2, 0) is 0 Å². The molecule has 1 aliphatic rings. The number of carbonyl (C=O) groups excluding carboxylic acids is 2. The maximum Gasteiger partial charge on any atom is 0.198 e. The Morgan fingerprint density at radius 3 is 1.39 bits per heavy atom. The van der Waals surface area contributed by atoms with E-state index in [0.29, 0.717) is 46.7 Å². The molecule has 2 aromatic rings. The van der Waals surface area contributed by atoms with Gasteiger partial charge in [0, 0.05) is 37.6 Å². The van der Waals surface area contributed by atoms with Gasteiger partial charge in [-0.15, -0.1) is 37.2 Å². The van der Waals surface area contributed by atoms with E-state index in [1.54, 1.807) is 0 Å². The minimum Gasteiger partial charge on any atom is -0.383 e. The molecule has 0 unspecified atom stereocenters. The molecular weight excluding hydrogens is 463 g/mol. The minimum atomic E-state index is -0.205. The molecule has 8 nitrogen and oxygen atoms in total. The molecule has 0 bridgehead atoms. The third kappa shape index (κ3) is 6.51. The van der Waals surface area contributed by atoms with E-state index < -0.39 is 0 Å². The lowest BCUT2D eigenvalue weighted by Gasteiger charge is -2.24. The summed E-state index contributed by atoms with van der Waals surface area (Å²) < 4.78 is 0. The average Bonchev–Trinajstić information content (AvgIpc) is 2.66. The van der Waals surface area contributed by atoms with Crippen LogP contribution in [0, 0.1) is 0 Å². The fourth-order valence-electron chi connectivity index (χ4n) is 3.15. The maximum atomic E-state index is 13.2. The Kier molecular flexibility index (Phi) is 12.0. The van der Waals surface area contributed by atoms with E-state index in [4.69, 9.17) is 0 Å². The molecule has 0 spiro atoms. The Balaban J connectivity index is 0.00000300. The van der Waals surface area contributed by atoms with E-state index in [-0.39, 0.29) is 48.8 Å². The number of carbonyl (C=O) groups is 2. The van der Waals surface area contributed by atoms with E-state index in [1.807, 2.05) is 40.3 Å². The zero-order valence-electron chi connectivity index (χ0n) is 18.0. The Labute approximate surface area is 201 Å². The molecule has 172 valence electrons. The third-order valence-electron chi connectivity index (χ3n) is 4.63. The Morgan fingerprint density at radius 2 is 1.06 bits per heavy atom. The van der Waals surface area contributed by atoms with Gasteiger partial charge in [-0.2, -0.15) is 10.2 Å². The first-order valence-corrected chi connectivity index (χ1v) is 9.24. The van der Waals surface area contributed by atoms with Gasteiger partial charge in [-0.3, -0.25) is 9.59 Å². The maximum absolute atomic E-state index is 13.2. The number of hydrogen-bond acceptors (Lipinski definition) is 8. The van der Waals surface area contributed by atoms with Gasteiger partial charge in [0.05, 0.1) is 34.6 Å². The summed E-state index contributed by atoms with van der Waals surface area (Å²) in [6.07, 6.45) is 2.74. The van der Waals surface area contributed by atoms with Crippen molar-refractivity contribution in [1.29, 1.82) is 0 Å². The molecule has 1 aromatic heterocycles. The number of nitrogens with zero attached hydrogens (tertiary/aromatic N) is 4. The van der Waals surface area contributed by atoms with E-state index in [9.17, 15) is 9.59 Å². The lowest BCUT2D eigenvalue weighted by atomic mass is 9.83. The van der Waals surface area contributed by atoms with E-state index in [0.717, 1.165) is 13.1 Å². The summed E-state index contributed by atoms with van der Waals surface area (Å²) >= 11 is 0. The van der Waals surface area contributed by atoms with Crippen LogP contribution in [0.4, 0.5) is 11.4 Å². The summed E-state index contributed by atoms with van der Waals surface area (Å²) in [6.45, 7) is 2.94. The fraction of sp³-hybridized carbons (Fsp3) is 0.400. The van der Waals surface area contributed by atoms with Crippen LogP contribution in [0.2, 0.25) is 0 Å². The molecule has 2 N–H and O–H groups in total. The smallest absolute Gasteiger partial charge is 0.198 e. The quantitative estimate of drug-likeness (QED) is 0.497. The van der Waals surface area contributed by atoms with Crippen molar-refractivity contribution in [2.75, 3.05) is 65.0 Å². The normalized spacial score (nSPS) is 11.7. The van der Waals surface area contributed by atoms with Crippen LogP contribution < -0.4 is 10.6 Å². The predicted octanol–water partition coefficient (Wildman–Crippen LogP) is 2.46. The fourth-order valence-corrected chi connectivity index (χ4v) is 3.15. The molecule has 11 heteroatoms. The van der Waals surface area contributed by atoms with Gasteiger partial charge in [-0.05, 0) is 40.3 Å². The van der Waals surface area contributed by atoms with Crippen molar-refractivity contribution >= 4 is 60.2 Å². The molecule has 0 saturated carbocycles. The SMILES string of the molecule is CN(C)CCNc1ccc(NCCN(C)C)c2c1C(=O)c1cnncc1C2=O.Cl.Cl.Cl. The van der Waals surface area contributed by atoms with Crippen LogP contribution in [-0.4, -0.2) is 85.9 Å². The average molecular weight is 492 g/mol. The van der Waals surface area contributed by atoms with Gasteiger partial charge >= 0.3 is 0 Å². The summed E-state index contributed by atoms with van der Waals surface area (Å²) in [4.78, 5) is 30.5. The second-order valence-corrected chi connectivity index (χ2v) is 7.35. The molecule has 0 fully saturated rings. The first-order valence-electron chi connectivity index (χ1n) is 9.24. The van der Waals surface area contributed by atoms with Crippen molar-refractivity contribution < 1.29 is 9.59 Å². The van der Waals surface area contributed by atoms with Gasteiger partial charge in [0.1, 0.15) is 0 Å². The molecule has 3 rings (SSSR count). The molecular formula is C20H29Cl3N6O2. The van der Waals surface area contributed by atoms with Crippen molar-refractivity contribution in [3.63, 3.8) is 0 Å². The molecule has 0 amide bonds. The Bertz CT molecular complexity index is 836. The number of nitrogens with one attached hydrogen (secondary N) is 2. The van der Waals surface area contributed by atoms with Crippen LogP contribution in [0.15, 0.2) is 24.5 Å². The molecule has 1 aromatic carbocycles. The number of halogens is 3. The highest BCUT2D eigenvalue weighted by Crippen LogP contribution is 2.36. The molecule has 0 radical (unpaired) electrons. The van der Waals surface area contributed by atoms with Crippen molar-refractivity contribution in [3.05, 3.63) is 46.8 Å². The number of hydrogen-bond donors (Lipinski definition) is 2. The van der Waals surface area contributed by atoms with Gasteiger partial charge in [0.15, 0.2) is 11.6 Å². The standard InChI is InChI=1S/C20H26N6O2.3ClH/c1-25(2)9-7-21-15-5-6-16(22-8-10-26(3)4)18-17(15)19(27)13-11-23-24-12-14(13)20(18)28;;;/h5-6,11-12,21-22H,7-10H2,1-4H3;3*1H. The Morgan fingerprint density at radius 1 is 0.710 bits per heavy atom.